The fourth-order valence-corrected chi connectivity index (χ4v) is 2.38. The standard InChI is InChI=1S/C17H15F3N4O/c1-10-7-11(5-6-21-10)16(25)14-9-15(24-23-14)22-13-4-2-3-12(8-13)17(18,19)20/h2-9,16,25H,1H3,(H2,22,23,24). The number of anilines is 2. The Morgan fingerprint density at radius 3 is 2.68 bits per heavy atom. The molecule has 25 heavy (non-hydrogen) atoms. The molecule has 3 aromatic rings. The molecule has 1 unspecified atom stereocenters. The van der Waals surface area contributed by atoms with E-state index in [0.717, 1.165) is 17.8 Å². The van der Waals surface area contributed by atoms with Crippen LogP contribution >= 0.6 is 0 Å². The Kier molecular flexibility index (Phi) is 4.45. The number of alkyl halides is 3. The van der Waals surface area contributed by atoms with Gasteiger partial charge in [0.15, 0.2) is 5.82 Å². The second kappa shape index (κ2) is 6.56. The van der Waals surface area contributed by atoms with Crippen molar-refractivity contribution in [1.82, 2.24) is 15.2 Å². The molecule has 1 aromatic carbocycles. The van der Waals surface area contributed by atoms with Crippen molar-refractivity contribution in [3.63, 3.8) is 0 Å². The quantitative estimate of drug-likeness (QED) is 0.667. The van der Waals surface area contributed by atoms with Gasteiger partial charge in [0.2, 0.25) is 0 Å². The number of rotatable bonds is 4. The monoisotopic (exact) mass is 348 g/mol. The first-order valence-corrected chi connectivity index (χ1v) is 7.43. The Hall–Kier alpha value is -2.87. The molecule has 0 radical (unpaired) electrons. The van der Waals surface area contributed by atoms with Crippen LogP contribution in [0.4, 0.5) is 24.7 Å². The third kappa shape index (κ3) is 3.97. The maximum Gasteiger partial charge on any atom is 0.416 e. The van der Waals surface area contributed by atoms with Gasteiger partial charge >= 0.3 is 6.18 Å². The summed E-state index contributed by atoms with van der Waals surface area (Å²) in [4.78, 5) is 4.06. The molecule has 0 spiro atoms. The first-order valence-electron chi connectivity index (χ1n) is 7.43. The molecule has 3 rings (SSSR count). The highest BCUT2D eigenvalue weighted by atomic mass is 19.4. The molecule has 0 bridgehead atoms. The Balaban J connectivity index is 1.78. The van der Waals surface area contributed by atoms with E-state index in [1.54, 1.807) is 24.4 Å². The van der Waals surface area contributed by atoms with Gasteiger partial charge in [0.1, 0.15) is 6.10 Å². The van der Waals surface area contributed by atoms with Crippen molar-refractivity contribution in [2.24, 2.45) is 0 Å². The molecule has 2 heterocycles. The van der Waals surface area contributed by atoms with Crippen molar-refractivity contribution in [3.8, 4) is 0 Å². The summed E-state index contributed by atoms with van der Waals surface area (Å²) in [6, 6.07) is 9.78. The number of nitrogens with zero attached hydrogens (tertiary/aromatic N) is 2. The molecule has 0 amide bonds. The summed E-state index contributed by atoms with van der Waals surface area (Å²) in [5, 5.41) is 19.8. The Morgan fingerprint density at radius 2 is 1.96 bits per heavy atom. The lowest BCUT2D eigenvalue weighted by Gasteiger charge is -2.09. The maximum atomic E-state index is 12.7. The summed E-state index contributed by atoms with van der Waals surface area (Å²) in [5.41, 5.74) is 1.32. The molecule has 0 saturated heterocycles. The molecular weight excluding hydrogens is 333 g/mol. The van der Waals surface area contributed by atoms with Crippen LogP contribution in [0, 0.1) is 6.92 Å². The van der Waals surface area contributed by atoms with Gasteiger partial charge in [-0.2, -0.15) is 18.3 Å². The van der Waals surface area contributed by atoms with Crippen molar-refractivity contribution in [2.45, 2.75) is 19.2 Å². The third-order valence-corrected chi connectivity index (χ3v) is 3.59. The average Bonchev–Trinajstić information content (AvgIpc) is 3.02. The molecule has 130 valence electrons. The van der Waals surface area contributed by atoms with E-state index >= 15 is 0 Å². The van der Waals surface area contributed by atoms with Gasteiger partial charge in [0.25, 0.3) is 0 Å². The lowest BCUT2D eigenvalue weighted by molar-refractivity contribution is -0.137. The first-order chi connectivity index (χ1) is 11.8. The molecule has 8 heteroatoms. The van der Waals surface area contributed by atoms with E-state index in [9.17, 15) is 18.3 Å². The highest BCUT2D eigenvalue weighted by molar-refractivity contribution is 5.57. The van der Waals surface area contributed by atoms with Gasteiger partial charge in [0, 0.05) is 23.6 Å². The minimum absolute atomic E-state index is 0.252. The van der Waals surface area contributed by atoms with Gasteiger partial charge < -0.3 is 10.4 Å². The summed E-state index contributed by atoms with van der Waals surface area (Å²) < 4.78 is 38.2. The van der Waals surface area contributed by atoms with Crippen LogP contribution in [0.3, 0.4) is 0 Å². The van der Waals surface area contributed by atoms with E-state index in [0.29, 0.717) is 17.1 Å². The topological polar surface area (TPSA) is 73.8 Å². The van der Waals surface area contributed by atoms with E-state index in [4.69, 9.17) is 0 Å². The largest absolute Gasteiger partial charge is 0.416 e. The lowest BCUT2D eigenvalue weighted by atomic mass is 10.1. The summed E-state index contributed by atoms with van der Waals surface area (Å²) in [5.74, 6) is 0.305. The normalized spacial score (nSPS) is 12.8. The van der Waals surface area contributed by atoms with E-state index in [1.165, 1.54) is 12.1 Å². The SMILES string of the molecule is Cc1cc(C(O)c2cc(Nc3cccc(C(F)(F)F)c3)n[nH]2)ccn1. The molecule has 3 N–H and O–H groups in total. The molecule has 0 aliphatic heterocycles. The van der Waals surface area contributed by atoms with Gasteiger partial charge in [-0.15, -0.1) is 0 Å². The molecule has 5 nitrogen and oxygen atoms in total. The fraction of sp³-hybridized carbons (Fsp3) is 0.176. The maximum absolute atomic E-state index is 12.7. The van der Waals surface area contributed by atoms with E-state index < -0.39 is 17.8 Å². The molecule has 0 fully saturated rings. The highest BCUT2D eigenvalue weighted by Crippen LogP contribution is 2.31. The molecule has 1 atom stereocenters. The number of aromatic nitrogens is 3. The zero-order chi connectivity index (χ0) is 18.0. The van der Waals surface area contributed by atoms with E-state index in [2.05, 4.69) is 20.5 Å². The number of pyridine rings is 1. The number of nitrogens with one attached hydrogen (secondary N) is 2. The smallest absolute Gasteiger partial charge is 0.382 e. The van der Waals surface area contributed by atoms with Crippen molar-refractivity contribution >= 4 is 11.5 Å². The zero-order valence-electron chi connectivity index (χ0n) is 13.2. The number of aliphatic hydroxyl groups is 1. The van der Waals surface area contributed by atoms with E-state index in [-0.39, 0.29) is 5.69 Å². The fourth-order valence-electron chi connectivity index (χ4n) is 2.38. The van der Waals surface area contributed by atoms with Crippen LogP contribution < -0.4 is 5.32 Å². The predicted octanol–water partition coefficient (Wildman–Crippen LogP) is 3.96. The van der Waals surface area contributed by atoms with Crippen molar-refractivity contribution in [3.05, 3.63) is 71.2 Å². The highest BCUT2D eigenvalue weighted by Gasteiger charge is 2.30. The third-order valence-electron chi connectivity index (χ3n) is 3.59. The molecule has 0 aliphatic rings. The number of aryl methyl sites for hydroxylation is 1. The van der Waals surface area contributed by atoms with Gasteiger partial charge in [0.05, 0.1) is 11.3 Å². The molecule has 0 saturated carbocycles. The van der Waals surface area contributed by atoms with Crippen LogP contribution in [0.25, 0.3) is 0 Å². The van der Waals surface area contributed by atoms with Crippen LogP contribution in [0.2, 0.25) is 0 Å². The molecule has 0 aliphatic carbocycles. The van der Waals surface area contributed by atoms with Crippen LogP contribution in [-0.4, -0.2) is 20.3 Å². The van der Waals surface area contributed by atoms with E-state index in [1.807, 2.05) is 6.92 Å². The summed E-state index contributed by atoms with van der Waals surface area (Å²) in [6.45, 7) is 1.81. The second-order valence-electron chi connectivity index (χ2n) is 5.55. The number of aliphatic hydroxyl groups excluding tert-OH is 1. The molecule has 2 aromatic heterocycles. The summed E-state index contributed by atoms with van der Waals surface area (Å²) in [6.07, 6.45) is -3.76. The Labute approximate surface area is 141 Å². The van der Waals surface area contributed by atoms with Gasteiger partial charge in [-0.1, -0.05) is 6.07 Å². The molecular formula is C17H15F3N4O. The average molecular weight is 348 g/mol. The number of hydrogen-bond donors (Lipinski definition) is 3. The Bertz CT molecular complexity index is 876. The van der Waals surface area contributed by atoms with Crippen LogP contribution in [0.1, 0.15) is 28.6 Å². The van der Waals surface area contributed by atoms with Gasteiger partial charge in [-0.25, -0.2) is 0 Å². The van der Waals surface area contributed by atoms with Gasteiger partial charge in [-0.3, -0.25) is 10.1 Å². The van der Waals surface area contributed by atoms with Crippen molar-refractivity contribution in [2.75, 3.05) is 5.32 Å². The van der Waals surface area contributed by atoms with Crippen molar-refractivity contribution < 1.29 is 18.3 Å². The Morgan fingerprint density at radius 1 is 1.16 bits per heavy atom. The first kappa shape index (κ1) is 17.0. The van der Waals surface area contributed by atoms with Crippen LogP contribution in [0.5, 0.6) is 0 Å². The number of hydrogen-bond acceptors (Lipinski definition) is 4. The number of aromatic amines is 1. The minimum Gasteiger partial charge on any atom is -0.382 e. The number of H-pyrrole nitrogens is 1. The lowest BCUT2D eigenvalue weighted by Crippen LogP contribution is -2.05. The second-order valence-corrected chi connectivity index (χ2v) is 5.55. The van der Waals surface area contributed by atoms with Crippen LogP contribution in [-0.2, 0) is 6.18 Å². The number of halogens is 3. The van der Waals surface area contributed by atoms with Gasteiger partial charge in [-0.05, 0) is 42.8 Å². The zero-order valence-corrected chi connectivity index (χ0v) is 13.2. The predicted molar refractivity (Wildman–Crippen MR) is 86.4 cm³/mol. The van der Waals surface area contributed by atoms with Crippen molar-refractivity contribution in [1.29, 1.82) is 0 Å². The summed E-state index contributed by atoms with van der Waals surface area (Å²) >= 11 is 0. The number of benzene rings is 1. The minimum atomic E-state index is -4.41. The summed E-state index contributed by atoms with van der Waals surface area (Å²) in [7, 11) is 0. The van der Waals surface area contributed by atoms with Crippen LogP contribution in [0.15, 0.2) is 48.7 Å².